The number of aromatic nitrogens is 1. The van der Waals surface area contributed by atoms with E-state index in [1.54, 1.807) is 13.0 Å². The maximum absolute atomic E-state index is 12.0. The van der Waals surface area contributed by atoms with E-state index in [0.29, 0.717) is 5.56 Å². The molecule has 0 spiro atoms. The van der Waals surface area contributed by atoms with Gasteiger partial charge in [-0.05, 0) is 13.0 Å². The van der Waals surface area contributed by atoms with Crippen molar-refractivity contribution in [1.29, 1.82) is 0 Å². The number of alkyl halides is 3. The fraction of sp³-hybridized carbons (Fsp3) is 0.167. The molecule has 0 saturated heterocycles. The number of aryl methyl sites for hydroxylation is 1. The zero-order valence-corrected chi connectivity index (χ0v) is 9.88. The van der Waals surface area contributed by atoms with Crippen LogP contribution in [0.25, 0.3) is 10.9 Å². The van der Waals surface area contributed by atoms with E-state index in [0.717, 1.165) is 16.6 Å². The van der Waals surface area contributed by atoms with E-state index in [1.807, 2.05) is 18.2 Å². The van der Waals surface area contributed by atoms with Gasteiger partial charge in [0, 0.05) is 22.2 Å². The van der Waals surface area contributed by atoms with Crippen LogP contribution in [0.15, 0.2) is 29.4 Å². The number of fused-ring (bicyclic) bond motifs is 1. The van der Waals surface area contributed by atoms with E-state index in [2.05, 4.69) is 10.1 Å². The molecule has 0 fully saturated rings. The topological polar surface area (TPSA) is 57.2 Å². The van der Waals surface area contributed by atoms with Crippen LogP contribution in [0, 0.1) is 6.92 Å². The molecule has 2 aromatic rings. The molecule has 1 heterocycles. The molecule has 19 heavy (non-hydrogen) atoms. The number of carbonyl (C=O) groups is 1. The fourth-order valence-electron chi connectivity index (χ4n) is 1.68. The summed E-state index contributed by atoms with van der Waals surface area (Å²) in [6.07, 6.45) is -3.75. The molecule has 1 aromatic carbocycles. The number of aromatic amines is 1. The van der Waals surface area contributed by atoms with Crippen molar-refractivity contribution < 1.29 is 18.0 Å². The molecule has 0 aliphatic rings. The van der Waals surface area contributed by atoms with Crippen LogP contribution in [0.3, 0.4) is 0 Å². The van der Waals surface area contributed by atoms with Gasteiger partial charge >= 0.3 is 12.1 Å². The van der Waals surface area contributed by atoms with Crippen LogP contribution in [0.5, 0.6) is 0 Å². The first-order valence-corrected chi connectivity index (χ1v) is 5.37. The molecule has 1 amide bonds. The van der Waals surface area contributed by atoms with Crippen molar-refractivity contribution in [2.75, 3.05) is 0 Å². The molecule has 100 valence electrons. The third-order valence-electron chi connectivity index (χ3n) is 2.56. The number of halogens is 3. The van der Waals surface area contributed by atoms with Crippen molar-refractivity contribution in [3.05, 3.63) is 35.5 Å². The Morgan fingerprint density at radius 3 is 2.74 bits per heavy atom. The summed E-state index contributed by atoms with van der Waals surface area (Å²) in [5.74, 6) is -2.10. The van der Waals surface area contributed by atoms with Crippen molar-refractivity contribution in [3.63, 3.8) is 0 Å². The molecule has 0 saturated carbocycles. The first kappa shape index (κ1) is 13.1. The summed E-state index contributed by atoms with van der Waals surface area (Å²) in [6, 6.07) is 7.30. The summed E-state index contributed by atoms with van der Waals surface area (Å²) in [4.78, 5) is 13.7. The Morgan fingerprint density at radius 2 is 2.05 bits per heavy atom. The van der Waals surface area contributed by atoms with Gasteiger partial charge in [-0.3, -0.25) is 4.79 Å². The van der Waals surface area contributed by atoms with Gasteiger partial charge in [0.2, 0.25) is 0 Å². The minimum absolute atomic E-state index is 0.637. The number of hydrazone groups is 1. The van der Waals surface area contributed by atoms with Crippen molar-refractivity contribution in [1.82, 2.24) is 10.4 Å². The third-order valence-corrected chi connectivity index (χ3v) is 2.56. The predicted molar refractivity (Wildman–Crippen MR) is 64.8 cm³/mol. The van der Waals surface area contributed by atoms with E-state index in [9.17, 15) is 18.0 Å². The molecule has 1 aromatic heterocycles. The highest BCUT2D eigenvalue weighted by atomic mass is 19.4. The van der Waals surface area contributed by atoms with Gasteiger partial charge < -0.3 is 4.98 Å². The molecule has 0 radical (unpaired) electrons. The Bertz CT molecular complexity index is 643. The normalized spacial score (nSPS) is 12.2. The quantitative estimate of drug-likeness (QED) is 0.638. The number of hydrogen-bond acceptors (Lipinski definition) is 2. The van der Waals surface area contributed by atoms with Crippen molar-refractivity contribution in [2.24, 2.45) is 5.10 Å². The lowest BCUT2D eigenvalue weighted by molar-refractivity contribution is -0.173. The van der Waals surface area contributed by atoms with Crippen LogP contribution in [-0.2, 0) is 4.79 Å². The Balaban J connectivity index is 2.22. The van der Waals surface area contributed by atoms with E-state index >= 15 is 0 Å². The Kier molecular flexibility index (Phi) is 3.28. The zero-order valence-electron chi connectivity index (χ0n) is 9.88. The monoisotopic (exact) mass is 269 g/mol. The van der Waals surface area contributed by atoms with E-state index in [-0.39, 0.29) is 0 Å². The first-order chi connectivity index (χ1) is 8.89. The summed E-state index contributed by atoms with van der Waals surface area (Å²) < 4.78 is 35.9. The first-order valence-electron chi connectivity index (χ1n) is 5.37. The number of rotatable bonds is 2. The third kappa shape index (κ3) is 2.75. The largest absolute Gasteiger partial charge is 0.473 e. The molecule has 7 heteroatoms. The van der Waals surface area contributed by atoms with Crippen molar-refractivity contribution in [3.8, 4) is 0 Å². The molecule has 2 N–H and O–H groups in total. The van der Waals surface area contributed by atoms with Crippen LogP contribution in [-0.4, -0.2) is 23.3 Å². The van der Waals surface area contributed by atoms with Crippen LogP contribution in [0.2, 0.25) is 0 Å². The second-order valence-electron chi connectivity index (χ2n) is 3.91. The average molecular weight is 269 g/mol. The summed E-state index contributed by atoms with van der Waals surface area (Å²) in [7, 11) is 0. The van der Waals surface area contributed by atoms with Crippen molar-refractivity contribution in [2.45, 2.75) is 13.1 Å². The second-order valence-corrected chi connectivity index (χ2v) is 3.91. The van der Waals surface area contributed by atoms with Crippen LogP contribution < -0.4 is 5.43 Å². The van der Waals surface area contributed by atoms with Gasteiger partial charge in [0.1, 0.15) is 0 Å². The highest BCUT2D eigenvalue weighted by Gasteiger charge is 2.38. The van der Waals surface area contributed by atoms with Crippen molar-refractivity contribution >= 4 is 23.0 Å². The highest BCUT2D eigenvalue weighted by molar-refractivity contribution is 6.00. The maximum atomic E-state index is 12.0. The fourth-order valence-corrected chi connectivity index (χ4v) is 1.68. The Labute approximate surface area is 106 Å². The molecule has 0 aliphatic carbocycles. The van der Waals surface area contributed by atoms with Gasteiger partial charge in [-0.25, -0.2) is 5.43 Å². The smallest absolute Gasteiger partial charge is 0.358 e. The lowest BCUT2D eigenvalue weighted by Crippen LogP contribution is -2.33. The maximum Gasteiger partial charge on any atom is 0.473 e. The number of carbonyl (C=O) groups excluding carboxylic acids is 1. The van der Waals surface area contributed by atoms with Gasteiger partial charge in [0.15, 0.2) is 0 Å². The van der Waals surface area contributed by atoms with Gasteiger partial charge in [-0.15, -0.1) is 0 Å². The van der Waals surface area contributed by atoms with Crippen LogP contribution >= 0.6 is 0 Å². The molecular weight excluding hydrogens is 259 g/mol. The summed E-state index contributed by atoms with van der Waals surface area (Å²) in [5, 5.41) is 4.15. The minimum Gasteiger partial charge on any atom is -0.358 e. The highest BCUT2D eigenvalue weighted by Crippen LogP contribution is 2.20. The lowest BCUT2D eigenvalue weighted by atomic mass is 10.1. The molecule has 0 bridgehead atoms. The molecule has 0 atom stereocenters. The lowest BCUT2D eigenvalue weighted by Gasteiger charge is -2.02. The number of hydrogen-bond donors (Lipinski definition) is 2. The number of amides is 1. The molecule has 4 nitrogen and oxygen atoms in total. The molecule has 2 rings (SSSR count). The number of H-pyrrole nitrogens is 1. The average Bonchev–Trinajstić information content (AvgIpc) is 2.64. The number of benzene rings is 1. The van der Waals surface area contributed by atoms with Crippen LogP contribution in [0.4, 0.5) is 13.2 Å². The Hall–Kier alpha value is -2.31. The van der Waals surface area contributed by atoms with Gasteiger partial charge in [0.25, 0.3) is 0 Å². The molecular formula is C12H10F3N3O. The summed E-state index contributed by atoms with van der Waals surface area (Å²) >= 11 is 0. The van der Waals surface area contributed by atoms with E-state index in [1.165, 1.54) is 11.6 Å². The van der Waals surface area contributed by atoms with Gasteiger partial charge in [-0.1, -0.05) is 18.2 Å². The van der Waals surface area contributed by atoms with Gasteiger partial charge in [-0.2, -0.15) is 18.3 Å². The van der Waals surface area contributed by atoms with Crippen LogP contribution in [0.1, 0.15) is 11.3 Å². The zero-order chi connectivity index (χ0) is 14.0. The standard InChI is InChI=1S/C12H10F3N3O/c1-7-9(6-16-18-11(19)12(13,14)15)8-4-2-3-5-10(8)17-7/h2-6,17H,1H3,(H,18,19)/b16-6-. The predicted octanol–water partition coefficient (Wildman–Crippen LogP) is 2.49. The summed E-state index contributed by atoms with van der Waals surface area (Å²) in [5.41, 5.74) is 3.69. The second kappa shape index (κ2) is 4.75. The Morgan fingerprint density at radius 1 is 1.37 bits per heavy atom. The molecule has 0 aliphatic heterocycles. The number of nitrogens with one attached hydrogen (secondary N) is 2. The van der Waals surface area contributed by atoms with E-state index in [4.69, 9.17) is 0 Å². The SMILES string of the molecule is Cc1[nH]c2ccccc2c1/C=N\NC(=O)C(F)(F)F. The van der Waals surface area contributed by atoms with Gasteiger partial charge in [0.05, 0.1) is 6.21 Å². The summed E-state index contributed by atoms with van der Waals surface area (Å²) in [6.45, 7) is 1.77. The van der Waals surface area contributed by atoms with E-state index < -0.39 is 12.1 Å². The number of nitrogens with zero attached hydrogens (tertiary/aromatic N) is 1. The molecule has 0 unspecified atom stereocenters. The number of para-hydroxylation sites is 1. The minimum atomic E-state index is -4.94.